The Morgan fingerprint density at radius 3 is 2.88 bits per heavy atom. The predicted octanol–water partition coefficient (Wildman–Crippen LogP) is 3.82. The van der Waals surface area contributed by atoms with Crippen molar-refractivity contribution in [1.82, 2.24) is 9.78 Å². The van der Waals surface area contributed by atoms with Gasteiger partial charge in [0.2, 0.25) is 0 Å². The Balaban J connectivity index is 1.92. The zero-order valence-electron chi connectivity index (χ0n) is 8.74. The van der Waals surface area contributed by atoms with Crippen molar-refractivity contribution in [2.45, 2.75) is 19.4 Å². The maximum atomic E-state index is 6.08. The number of aryl methyl sites for hydroxylation is 2. The second-order valence-electron chi connectivity index (χ2n) is 3.61. The van der Waals surface area contributed by atoms with E-state index in [1.807, 2.05) is 29.1 Å². The summed E-state index contributed by atoms with van der Waals surface area (Å²) in [5.41, 5.74) is 1.10. The highest BCUT2D eigenvalue weighted by molar-refractivity contribution is 6.33. The van der Waals surface area contributed by atoms with E-state index in [4.69, 9.17) is 23.2 Å². The van der Waals surface area contributed by atoms with Crippen LogP contribution in [0.2, 0.25) is 10.0 Å². The molecule has 1 aromatic heterocycles. The molecule has 0 unspecified atom stereocenters. The third kappa shape index (κ3) is 3.00. The third-order valence-electron chi connectivity index (χ3n) is 2.40. The lowest BCUT2D eigenvalue weighted by Crippen LogP contribution is -2.00. The van der Waals surface area contributed by atoms with Gasteiger partial charge in [0.05, 0.1) is 0 Å². The van der Waals surface area contributed by atoms with Crippen LogP contribution < -0.4 is 0 Å². The molecule has 0 amide bonds. The molecule has 0 radical (unpaired) electrons. The molecular formula is C12H12Cl2N2. The van der Waals surface area contributed by atoms with E-state index >= 15 is 0 Å². The molecule has 0 bridgehead atoms. The van der Waals surface area contributed by atoms with E-state index in [2.05, 4.69) is 5.10 Å². The van der Waals surface area contributed by atoms with Gasteiger partial charge in [0.15, 0.2) is 0 Å². The van der Waals surface area contributed by atoms with Crippen LogP contribution in [0.25, 0.3) is 0 Å². The summed E-state index contributed by atoms with van der Waals surface area (Å²) in [5.74, 6) is 0. The lowest BCUT2D eigenvalue weighted by molar-refractivity contribution is 0.579. The third-order valence-corrected chi connectivity index (χ3v) is 3.00. The summed E-state index contributed by atoms with van der Waals surface area (Å²) in [6.45, 7) is 0.899. The van der Waals surface area contributed by atoms with Crippen LogP contribution in [0.3, 0.4) is 0 Å². The molecule has 0 saturated carbocycles. The van der Waals surface area contributed by atoms with Gasteiger partial charge in [-0.3, -0.25) is 4.68 Å². The summed E-state index contributed by atoms with van der Waals surface area (Å²) < 4.78 is 1.92. The highest BCUT2D eigenvalue weighted by Crippen LogP contribution is 2.21. The fraction of sp³-hybridized carbons (Fsp3) is 0.250. The van der Waals surface area contributed by atoms with Crippen molar-refractivity contribution < 1.29 is 0 Å². The van der Waals surface area contributed by atoms with E-state index in [9.17, 15) is 0 Å². The molecule has 84 valence electrons. The summed E-state index contributed by atoms with van der Waals surface area (Å²) in [7, 11) is 0. The van der Waals surface area contributed by atoms with Crippen LogP contribution in [0.1, 0.15) is 12.0 Å². The Labute approximate surface area is 105 Å². The second kappa shape index (κ2) is 5.37. The molecule has 0 aliphatic rings. The van der Waals surface area contributed by atoms with Gasteiger partial charge in [-0.15, -0.1) is 0 Å². The second-order valence-corrected chi connectivity index (χ2v) is 4.45. The fourth-order valence-corrected chi connectivity index (χ4v) is 2.01. The molecule has 0 spiro atoms. The average Bonchev–Trinajstić information content (AvgIpc) is 2.76. The molecular weight excluding hydrogens is 243 g/mol. The van der Waals surface area contributed by atoms with Crippen molar-refractivity contribution in [3.63, 3.8) is 0 Å². The fourth-order valence-electron chi connectivity index (χ4n) is 1.60. The van der Waals surface area contributed by atoms with Gasteiger partial charge in [0.25, 0.3) is 0 Å². The van der Waals surface area contributed by atoms with Crippen LogP contribution in [0.15, 0.2) is 36.7 Å². The van der Waals surface area contributed by atoms with Crippen molar-refractivity contribution in [3.8, 4) is 0 Å². The van der Waals surface area contributed by atoms with E-state index in [1.54, 1.807) is 12.3 Å². The van der Waals surface area contributed by atoms with Crippen LogP contribution in [-0.2, 0) is 13.0 Å². The lowest BCUT2D eigenvalue weighted by Gasteiger charge is -2.05. The molecule has 2 rings (SSSR count). The SMILES string of the molecule is Clc1ccc(Cl)c(CCCn2cccn2)c1. The molecule has 0 saturated heterocycles. The maximum absolute atomic E-state index is 6.08. The molecule has 0 aliphatic carbocycles. The molecule has 0 atom stereocenters. The molecule has 0 aliphatic heterocycles. The quantitative estimate of drug-likeness (QED) is 0.811. The van der Waals surface area contributed by atoms with Crippen molar-refractivity contribution in [1.29, 1.82) is 0 Å². The topological polar surface area (TPSA) is 17.8 Å². The Hall–Kier alpha value is -0.990. The standard InChI is InChI=1S/C12H12Cl2N2/c13-11-4-5-12(14)10(9-11)3-1-7-16-8-2-6-15-16/h2,4-6,8-9H,1,3,7H2. The van der Waals surface area contributed by atoms with E-state index < -0.39 is 0 Å². The van der Waals surface area contributed by atoms with Gasteiger partial charge in [-0.05, 0) is 42.7 Å². The summed E-state index contributed by atoms with van der Waals surface area (Å²) in [6.07, 6.45) is 5.66. The van der Waals surface area contributed by atoms with Gasteiger partial charge >= 0.3 is 0 Å². The first-order chi connectivity index (χ1) is 7.75. The first-order valence-corrected chi connectivity index (χ1v) is 5.92. The van der Waals surface area contributed by atoms with Crippen LogP contribution in [0, 0.1) is 0 Å². The molecule has 4 heteroatoms. The minimum Gasteiger partial charge on any atom is -0.273 e. The predicted molar refractivity (Wildman–Crippen MR) is 67.0 cm³/mol. The first kappa shape index (κ1) is 11.5. The maximum Gasteiger partial charge on any atom is 0.0489 e. The highest BCUT2D eigenvalue weighted by atomic mass is 35.5. The van der Waals surface area contributed by atoms with Gasteiger partial charge in [-0.1, -0.05) is 23.2 Å². The molecule has 0 fully saturated rings. The van der Waals surface area contributed by atoms with Gasteiger partial charge < -0.3 is 0 Å². The van der Waals surface area contributed by atoms with Crippen molar-refractivity contribution in [2.24, 2.45) is 0 Å². The highest BCUT2D eigenvalue weighted by Gasteiger charge is 2.01. The molecule has 16 heavy (non-hydrogen) atoms. The number of hydrogen-bond acceptors (Lipinski definition) is 1. The zero-order valence-corrected chi connectivity index (χ0v) is 10.2. The smallest absolute Gasteiger partial charge is 0.0489 e. The average molecular weight is 255 g/mol. The number of nitrogens with zero attached hydrogens (tertiary/aromatic N) is 2. The minimum absolute atomic E-state index is 0.735. The molecule has 2 aromatic rings. The summed E-state index contributed by atoms with van der Waals surface area (Å²) >= 11 is 12.0. The largest absolute Gasteiger partial charge is 0.273 e. The van der Waals surface area contributed by atoms with E-state index in [-0.39, 0.29) is 0 Å². The number of aromatic nitrogens is 2. The van der Waals surface area contributed by atoms with Crippen molar-refractivity contribution >= 4 is 23.2 Å². The lowest BCUT2D eigenvalue weighted by atomic mass is 10.1. The van der Waals surface area contributed by atoms with Gasteiger partial charge in [0.1, 0.15) is 0 Å². The van der Waals surface area contributed by atoms with Gasteiger partial charge in [-0.2, -0.15) is 5.10 Å². The van der Waals surface area contributed by atoms with E-state index in [1.165, 1.54) is 0 Å². The van der Waals surface area contributed by atoms with Crippen LogP contribution in [0.5, 0.6) is 0 Å². The normalized spacial score (nSPS) is 10.6. The summed E-state index contributed by atoms with van der Waals surface area (Å²) in [5, 5.41) is 5.66. The number of hydrogen-bond donors (Lipinski definition) is 0. The molecule has 0 N–H and O–H groups in total. The summed E-state index contributed by atoms with van der Waals surface area (Å²) in [4.78, 5) is 0. The molecule has 1 aromatic carbocycles. The Morgan fingerprint density at radius 1 is 1.25 bits per heavy atom. The Bertz CT molecular complexity index is 452. The van der Waals surface area contributed by atoms with Gasteiger partial charge in [-0.25, -0.2) is 0 Å². The summed E-state index contributed by atoms with van der Waals surface area (Å²) in [6, 6.07) is 7.49. The number of halogens is 2. The first-order valence-electron chi connectivity index (χ1n) is 5.17. The van der Waals surface area contributed by atoms with E-state index in [0.717, 1.165) is 35.0 Å². The monoisotopic (exact) mass is 254 g/mol. The number of rotatable bonds is 4. The zero-order chi connectivity index (χ0) is 11.4. The minimum atomic E-state index is 0.735. The molecule has 1 heterocycles. The number of benzene rings is 1. The van der Waals surface area contributed by atoms with E-state index in [0.29, 0.717) is 0 Å². The van der Waals surface area contributed by atoms with Gasteiger partial charge in [0, 0.05) is 29.0 Å². The van der Waals surface area contributed by atoms with Crippen molar-refractivity contribution in [2.75, 3.05) is 0 Å². The van der Waals surface area contributed by atoms with Crippen LogP contribution in [0.4, 0.5) is 0 Å². The Kier molecular flexibility index (Phi) is 3.86. The van der Waals surface area contributed by atoms with Crippen LogP contribution >= 0.6 is 23.2 Å². The van der Waals surface area contributed by atoms with Crippen molar-refractivity contribution in [3.05, 3.63) is 52.3 Å². The molecule has 2 nitrogen and oxygen atoms in total. The Morgan fingerprint density at radius 2 is 2.12 bits per heavy atom. The van der Waals surface area contributed by atoms with Crippen LogP contribution in [-0.4, -0.2) is 9.78 Å².